The summed E-state index contributed by atoms with van der Waals surface area (Å²) in [6.07, 6.45) is 0.796. The second-order valence-corrected chi connectivity index (χ2v) is 4.69. The molecule has 17 heavy (non-hydrogen) atoms. The van der Waals surface area contributed by atoms with Crippen molar-refractivity contribution in [3.63, 3.8) is 0 Å². The van der Waals surface area contributed by atoms with Crippen LogP contribution in [-0.2, 0) is 6.42 Å². The third-order valence-electron chi connectivity index (χ3n) is 2.69. The number of hydrogen-bond donors (Lipinski definition) is 1. The Hall–Kier alpha value is -1.48. The smallest absolute Gasteiger partial charge is 0.119 e. The number of methoxy groups -OCH3 is 1. The monoisotopic (exact) mass is 291 g/mol. The van der Waals surface area contributed by atoms with Gasteiger partial charge in [0.15, 0.2) is 0 Å². The van der Waals surface area contributed by atoms with Crippen LogP contribution in [-0.4, -0.2) is 7.11 Å². The Bertz CT molecular complexity index is 525. The van der Waals surface area contributed by atoms with Gasteiger partial charge in [-0.2, -0.15) is 0 Å². The molecule has 0 aliphatic carbocycles. The van der Waals surface area contributed by atoms with Gasteiger partial charge in [0.25, 0.3) is 0 Å². The van der Waals surface area contributed by atoms with Crippen molar-refractivity contribution in [2.45, 2.75) is 6.42 Å². The molecule has 0 amide bonds. The van der Waals surface area contributed by atoms with E-state index in [4.69, 9.17) is 10.5 Å². The van der Waals surface area contributed by atoms with Gasteiger partial charge in [0, 0.05) is 16.6 Å². The summed E-state index contributed by atoms with van der Waals surface area (Å²) in [7, 11) is 1.66. The topological polar surface area (TPSA) is 35.2 Å². The van der Waals surface area contributed by atoms with Crippen molar-refractivity contribution >= 4 is 21.6 Å². The van der Waals surface area contributed by atoms with Gasteiger partial charge in [-0.3, -0.25) is 0 Å². The molecule has 88 valence electrons. The van der Waals surface area contributed by atoms with Crippen LogP contribution in [0.1, 0.15) is 11.1 Å². The Morgan fingerprint density at radius 1 is 1.12 bits per heavy atom. The molecule has 0 radical (unpaired) electrons. The molecule has 2 N–H and O–H groups in total. The molecule has 2 rings (SSSR count). The van der Waals surface area contributed by atoms with Gasteiger partial charge < -0.3 is 10.5 Å². The molecule has 0 saturated heterocycles. The van der Waals surface area contributed by atoms with Crippen LogP contribution in [0.25, 0.3) is 0 Å². The fourth-order valence-corrected chi connectivity index (χ4v) is 2.13. The van der Waals surface area contributed by atoms with Gasteiger partial charge in [0.2, 0.25) is 0 Å². The molecule has 0 heterocycles. The van der Waals surface area contributed by atoms with E-state index in [1.807, 2.05) is 36.4 Å². The van der Waals surface area contributed by atoms with E-state index >= 15 is 0 Å². The average Bonchev–Trinajstić information content (AvgIpc) is 2.35. The van der Waals surface area contributed by atoms with Gasteiger partial charge in [0.1, 0.15) is 5.75 Å². The molecular formula is C14H14BrNO. The molecule has 0 aliphatic rings. The van der Waals surface area contributed by atoms with Crippen LogP contribution in [0.3, 0.4) is 0 Å². The maximum absolute atomic E-state index is 5.97. The van der Waals surface area contributed by atoms with Gasteiger partial charge >= 0.3 is 0 Å². The number of hydrogen-bond acceptors (Lipinski definition) is 2. The van der Waals surface area contributed by atoms with E-state index in [0.29, 0.717) is 0 Å². The molecular weight excluding hydrogens is 278 g/mol. The zero-order chi connectivity index (χ0) is 12.3. The van der Waals surface area contributed by atoms with Gasteiger partial charge in [-0.15, -0.1) is 0 Å². The first-order chi connectivity index (χ1) is 8.20. The average molecular weight is 292 g/mol. The van der Waals surface area contributed by atoms with Crippen molar-refractivity contribution in [1.29, 1.82) is 0 Å². The van der Waals surface area contributed by atoms with Gasteiger partial charge in [0.05, 0.1) is 7.11 Å². The van der Waals surface area contributed by atoms with Crippen LogP contribution in [0, 0.1) is 0 Å². The predicted molar refractivity (Wildman–Crippen MR) is 74.4 cm³/mol. The summed E-state index contributed by atoms with van der Waals surface area (Å²) in [6, 6.07) is 13.9. The van der Waals surface area contributed by atoms with Crippen molar-refractivity contribution in [3.05, 3.63) is 58.1 Å². The zero-order valence-electron chi connectivity index (χ0n) is 9.61. The minimum atomic E-state index is 0.793. The predicted octanol–water partition coefficient (Wildman–Crippen LogP) is 3.63. The van der Waals surface area contributed by atoms with Crippen molar-refractivity contribution < 1.29 is 4.74 Å². The summed E-state index contributed by atoms with van der Waals surface area (Å²) in [4.78, 5) is 0. The summed E-state index contributed by atoms with van der Waals surface area (Å²) in [6.45, 7) is 0. The lowest BCUT2D eigenvalue weighted by molar-refractivity contribution is 0.414. The normalized spacial score (nSPS) is 10.2. The van der Waals surface area contributed by atoms with E-state index < -0.39 is 0 Å². The lowest BCUT2D eigenvalue weighted by Gasteiger charge is -2.09. The van der Waals surface area contributed by atoms with Crippen LogP contribution >= 0.6 is 15.9 Å². The van der Waals surface area contributed by atoms with E-state index in [2.05, 4.69) is 22.0 Å². The van der Waals surface area contributed by atoms with Gasteiger partial charge in [-0.25, -0.2) is 0 Å². The SMILES string of the molecule is COc1ccc(N)c(Cc2ccccc2Br)c1. The third-order valence-corrected chi connectivity index (χ3v) is 3.46. The van der Waals surface area contributed by atoms with E-state index in [9.17, 15) is 0 Å². The molecule has 2 aromatic carbocycles. The molecule has 0 bridgehead atoms. The largest absolute Gasteiger partial charge is 0.497 e. The minimum absolute atomic E-state index is 0.793. The van der Waals surface area contributed by atoms with Gasteiger partial charge in [-0.1, -0.05) is 34.1 Å². The van der Waals surface area contributed by atoms with E-state index in [0.717, 1.165) is 27.9 Å². The van der Waals surface area contributed by atoms with Crippen molar-refractivity contribution in [2.75, 3.05) is 12.8 Å². The van der Waals surface area contributed by atoms with E-state index in [-0.39, 0.29) is 0 Å². The lowest BCUT2D eigenvalue weighted by Crippen LogP contribution is -1.97. The standard InChI is InChI=1S/C14H14BrNO/c1-17-12-6-7-14(16)11(9-12)8-10-4-2-3-5-13(10)15/h2-7,9H,8,16H2,1H3. The van der Waals surface area contributed by atoms with Crippen LogP contribution in [0.15, 0.2) is 46.9 Å². The molecule has 0 aromatic heterocycles. The second-order valence-electron chi connectivity index (χ2n) is 3.83. The highest BCUT2D eigenvalue weighted by Gasteiger charge is 2.05. The van der Waals surface area contributed by atoms with Crippen LogP contribution in [0.4, 0.5) is 5.69 Å². The Kier molecular flexibility index (Phi) is 3.69. The Labute approximate surface area is 110 Å². The Morgan fingerprint density at radius 2 is 1.88 bits per heavy atom. The van der Waals surface area contributed by atoms with E-state index in [1.165, 1.54) is 5.56 Å². The van der Waals surface area contributed by atoms with Crippen LogP contribution in [0.2, 0.25) is 0 Å². The molecule has 0 saturated carbocycles. The summed E-state index contributed by atoms with van der Waals surface area (Å²) in [5.41, 5.74) is 9.06. The highest BCUT2D eigenvalue weighted by Crippen LogP contribution is 2.25. The first kappa shape index (κ1) is 12.0. The molecule has 0 aliphatic heterocycles. The number of benzene rings is 2. The van der Waals surface area contributed by atoms with E-state index in [1.54, 1.807) is 7.11 Å². The maximum atomic E-state index is 5.97. The Balaban J connectivity index is 2.32. The molecule has 2 nitrogen and oxygen atoms in total. The molecule has 0 spiro atoms. The number of rotatable bonds is 3. The summed E-state index contributed by atoms with van der Waals surface area (Å²) >= 11 is 3.54. The molecule has 0 fully saturated rings. The highest BCUT2D eigenvalue weighted by atomic mass is 79.9. The molecule has 3 heteroatoms. The summed E-state index contributed by atoms with van der Waals surface area (Å²) < 4.78 is 6.31. The van der Waals surface area contributed by atoms with Gasteiger partial charge in [-0.05, 0) is 35.4 Å². The summed E-state index contributed by atoms with van der Waals surface area (Å²) in [5.74, 6) is 0.834. The highest BCUT2D eigenvalue weighted by molar-refractivity contribution is 9.10. The fraction of sp³-hybridized carbons (Fsp3) is 0.143. The summed E-state index contributed by atoms with van der Waals surface area (Å²) in [5, 5.41) is 0. The van der Waals surface area contributed by atoms with Crippen molar-refractivity contribution in [2.24, 2.45) is 0 Å². The first-order valence-corrected chi connectivity index (χ1v) is 6.16. The molecule has 0 atom stereocenters. The third kappa shape index (κ3) is 2.80. The van der Waals surface area contributed by atoms with Crippen molar-refractivity contribution in [3.8, 4) is 5.75 Å². The Morgan fingerprint density at radius 3 is 2.59 bits per heavy atom. The maximum Gasteiger partial charge on any atom is 0.119 e. The number of nitrogens with two attached hydrogens (primary N) is 1. The van der Waals surface area contributed by atoms with Crippen LogP contribution < -0.4 is 10.5 Å². The first-order valence-electron chi connectivity index (χ1n) is 5.36. The fourth-order valence-electron chi connectivity index (χ4n) is 1.71. The number of ether oxygens (including phenoxy) is 1. The number of nitrogen functional groups attached to an aromatic ring is 1. The molecule has 0 unspecified atom stereocenters. The zero-order valence-corrected chi connectivity index (χ0v) is 11.2. The van der Waals surface area contributed by atoms with Crippen molar-refractivity contribution in [1.82, 2.24) is 0 Å². The number of anilines is 1. The second kappa shape index (κ2) is 5.23. The van der Waals surface area contributed by atoms with Crippen LogP contribution in [0.5, 0.6) is 5.75 Å². The molecule has 2 aromatic rings. The minimum Gasteiger partial charge on any atom is -0.497 e. The lowest BCUT2D eigenvalue weighted by atomic mass is 10.0. The quantitative estimate of drug-likeness (QED) is 0.877. The number of halogens is 1.